The van der Waals surface area contributed by atoms with E-state index in [1.807, 2.05) is 13.1 Å². The van der Waals surface area contributed by atoms with Gasteiger partial charge in [-0.3, -0.25) is 14.3 Å². The van der Waals surface area contributed by atoms with Crippen molar-refractivity contribution < 1.29 is 18.7 Å². The average molecular weight is 441 g/mol. The number of carbonyl (C=O) groups is 2. The van der Waals surface area contributed by atoms with Crippen molar-refractivity contribution in [3.63, 3.8) is 0 Å². The summed E-state index contributed by atoms with van der Waals surface area (Å²) in [6.45, 7) is 6.64. The first-order valence-electron chi connectivity index (χ1n) is 11.9. The van der Waals surface area contributed by atoms with Gasteiger partial charge in [-0.1, -0.05) is 19.8 Å². The van der Waals surface area contributed by atoms with Crippen LogP contribution in [-0.4, -0.2) is 58.8 Å². The summed E-state index contributed by atoms with van der Waals surface area (Å²) >= 11 is 0. The maximum Gasteiger partial charge on any atom is 0.290 e. The number of ether oxygens (including phenoxy) is 1. The highest BCUT2D eigenvalue weighted by Gasteiger charge is 2.32. The van der Waals surface area contributed by atoms with Crippen LogP contribution in [0.5, 0.6) is 0 Å². The van der Waals surface area contributed by atoms with Gasteiger partial charge in [-0.25, -0.2) is 0 Å². The van der Waals surface area contributed by atoms with Crippen molar-refractivity contribution in [2.75, 3.05) is 26.3 Å². The summed E-state index contributed by atoms with van der Waals surface area (Å²) in [5, 5.41) is 7.95. The zero-order valence-electron chi connectivity index (χ0n) is 19.0. The average Bonchev–Trinajstić information content (AvgIpc) is 3.35. The third-order valence-electron chi connectivity index (χ3n) is 7.17. The Balaban J connectivity index is 1.34. The molecule has 32 heavy (non-hydrogen) atoms. The molecule has 0 spiro atoms. The number of carbonyl (C=O) groups excluding carboxylic acids is 2. The molecule has 2 atom stereocenters. The normalized spacial score (nSPS) is 22.9. The van der Waals surface area contributed by atoms with Crippen LogP contribution in [0.3, 0.4) is 0 Å². The van der Waals surface area contributed by atoms with Crippen molar-refractivity contribution >= 4 is 11.8 Å². The molecular formula is C24H32N4O4. The van der Waals surface area contributed by atoms with Crippen LogP contribution in [0, 0.1) is 12.8 Å². The summed E-state index contributed by atoms with van der Waals surface area (Å²) < 4.78 is 13.1. The molecule has 0 bridgehead atoms. The molecule has 2 fully saturated rings. The van der Waals surface area contributed by atoms with Crippen molar-refractivity contribution in [2.24, 2.45) is 5.92 Å². The first-order valence-corrected chi connectivity index (χ1v) is 11.9. The summed E-state index contributed by atoms with van der Waals surface area (Å²) in [4.78, 5) is 27.5. The Labute approximate surface area is 188 Å². The quantitative estimate of drug-likeness (QED) is 0.790. The second-order valence-electron chi connectivity index (χ2n) is 9.40. The van der Waals surface area contributed by atoms with Crippen LogP contribution in [0.2, 0.25) is 0 Å². The minimum absolute atomic E-state index is 0.0101. The number of amides is 2. The summed E-state index contributed by atoms with van der Waals surface area (Å²) in [6, 6.07) is 0.262. The highest BCUT2D eigenvalue weighted by Crippen LogP contribution is 2.38. The van der Waals surface area contributed by atoms with Crippen LogP contribution >= 0.6 is 0 Å². The van der Waals surface area contributed by atoms with Gasteiger partial charge in [-0.05, 0) is 37.7 Å². The number of nitrogens with one attached hydrogen (secondary N) is 1. The molecule has 0 aromatic carbocycles. The molecule has 1 saturated heterocycles. The summed E-state index contributed by atoms with van der Waals surface area (Å²) in [5.41, 5.74) is 3.70. The van der Waals surface area contributed by atoms with Crippen molar-refractivity contribution in [3.8, 4) is 11.3 Å². The van der Waals surface area contributed by atoms with Crippen LogP contribution in [0.4, 0.5) is 0 Å². The van der Waals surface area contributed by atoms with Gasteiger partial charge in [0.05, 0.1) is 18.9 Å². The minimum atomic E-state index is -0.0813. The van der Waals surface area contributed by atoms with Crippen LogP contribution in [0.15, 0.2) is 10.6 Å². The number of hydrogen-bond acceptors (Lipinski definition) is 5. The topological polar surface area (TPSA) is 89.6 Å². The summed E-state index contributed by atoms with van der Waals surface area (Å²) in [7, 11) is 0. The van der Waals surface area contributed by atoms with Gasteiger partial charge < -0.3 is 19.4 Å². The van der Waals surface area contributed by atoms with Crippen LogP contribution in [0.25, 0.3) is 11.3 Å². The fraction of sp³-hybridized carbons (Fsp3) is 0.625. The van der Waals surface area contributed by atoms with E-state index < -0.39 is 0 Å². The summed E-state index contributed by atoms with van der Waals surface area (Å²) in [6.07, 6.45) is 8.16. The molecule has 2 aliphatic carbocycles. The second-order valence-corrected chi connectivity index (χ2v) is 9.40. The van der Waals surface area contributed by atoms with Crippen molar-refractivity contribution in [1.82, 2.24) is 20.0 Å². The molecule has 3 heterocycles. The van der Waals surface area contributed by atoms with Gasteiger partial charge in [0.1, 0.15) is 12.3 Å². The highest BCUT2D eigenvalue weighted by molar-refractivity contribution is 5.95. The molecular weight excluding hydrogens is 408 g/mol. The number of nitrogens with zero attached hydrogens (tertiary/aromatic N) is 3. The lowest BCUT2D eigenvalue weighted by molar-refractivity contribution is -0.123. The zero-order valence-corrected chi connectivity index (χ0v) is 19.0. The number of fused-ring (bicyclic) bond motifs is 3. The number of furan rings is 1. The van der Waals surface area contributed by atoms with Gasteiger partial charge in [0, 0.05) is 42.9 Å². The molecule has 3 aliphatic rings. The Kier molecular flexibility index (Phi) is 5.80. The van der Waals surface area contributed by atoms with E-state index in [1.54, 1.807) is 9.58 Å². The Bertz CT molecular complexity index is 1020. The van der Waals surface area contributed by atoms with Gasteiger partial charge >= 0.3 is 0 Å². The van der Waals surface area contributed by atoms with Gasteiger partial charge in [0.15, 0.2) is 5.76 Å². The molecule has 1 saturated carbocycles. The highest BCUT2D eigenvalue weighted by atomic mass is 16.5. The monoisotopic (exact) mass is 440 g/mol. The lowest BCUT2D eigenvalue weighted by Crippen LogP contribution is -2.42. The Hall–Kier alpha value is -2.61. The van der Waals surface area contributed by atoms with E-state index in [0.717, 1.165) is 47.4 Å². The number of morpholine rings is 1. The predicted molar refractivity (Wildman–Crippen MR) is 118 cm³/mol. The molecule has 8 nitrogen and oxygen atoms in total. The van der Waals surface area contributed by atoms with E-state index in [-0.39, 0.29) is 24.4 Å². The predicted octanol–water partition coefficient (Wildman–Crippen LogP) is 2.72. The number of aromatic nitrogens is 2. The van der Waals surface area contributed by atoms with E-state index >= 15 is 0 Å². The smallest absolute Gasteiger partial charge is 0.290 e. The fourth-order valence-corrected chi connectivity index (χ4v) is 5.29. The third kappa shape index (κ3) is 3.96. The molecule has 2 aromatic heterocycles. The second kappa shape index (κ2) is 8.73. The minimum Gasteiger partial charge on any atom is -0.455 e. The van der Waals surface area contributed by atoms with Crippen molar-refractivity contribution in [2.45, 2.75) is 65.0 Å². The van der Waals surface area contributed by atoms with Crippen LogP contribution < -0.4 is 5.32 Å². The van der Waals surface area contributed by atoms with Gasteiger partial charge in [0.25, 0.3) is 5.91 Å². The SMILES string of the molecule is Cc1c(C(=O)N2CCOCC2)oc2c1-c1nn(CC(=O)N[C@@H]3CCCC[C@@H]3C)cc1CC2. The number of hydrogen-bond donors (Lipinski definition) is 1. The molecule has 172 valence electrons. The van der Waals surface area contributed by atoms with Gasteiger partial charge in [0.2, 0.25) is 5.91 Å². The molecule has 2 aromatic rings. The Morgan fingerprint density at radius 3 is 2.75 bits per heavy atom. The molecule has 1 N–H and O–H groups in total. The van der Waals surface area contributed by atoms with Crippen molar-refractivity contribution in [1.29, 1.82) is 0 Å². The maximum absolute atomic E-state index is 13.0. The third-order valence-corrected chi connectivity index (χ3v) is 7.17. The molecule has 0 radical (unpaired) electrons. The lowest BCUT2D eigenvalue weighted by atomic mass is 9.86. The van der Waals surface area contributed by atoms with E-state index in [2.05, 4.69) is 12.2 Å². The van der Waals surface area contributed by atoms with E-state index in [1.165, 1.54) is 19.3 Å². The van der Waals surface area contributed by atoms with Crippen molar-refractivity contribution in [3.05, 3.63) is 28.8 Å². The Morgan fingerprint density at radius 1 is 1.19 bits per heavy atom. The lowest BCUT2D eigenvalue weighted by Gasteiger charge is -2.29. The molecule has 2 amide bonds. The van der Waals surface area contributed by atoms with Crippen LogP contribution in [0.1, 0.15) is 60.0 Å². The van der Waals surface area contributed by atoms with Crippen LogP contribution in [-0.2, 0) is 28.9 Å². The standard InChI is InChI=1S/C24H32N4O4/c1-15-5-3-4-6-18(15)25-20(29)14-28-13-17-7-8-19-21(22(17)26-28)16(2)23(32-19)24(30)27-9-11-31-12-10-27/h13,15,18H,3-12,14H2,1-2H3,(H,25,29)/t15-,18+/m0/s1. The van der Waals surface area contributed by atoms with E-state index in [4.69, 9.17) is 14.3 Å². The van der Waals surface area contributed by atoms with E-state index in [0.29, 0.717) is 38.0 Å². The first-order chi connectivity index (χ1) is 15.5. The number of rotatable bonds is 4. The summed E-state index contributed by atoms with van der Waals surface area (Å²) in [5.74, 6) is 1.68. The van der Waals surface area contributed by atoms with Gasteiger partial charge in [-0.15, -0.1) is 0 Å². The van der Waals surface area contributed by atoms with E-state index in [9.17, 15) is 9.59 Å². The first kappa shape index (κ1) is 21.2. The maximum atomic E-state index is 13.0. The molecule has 1 aliphatic heterocycles. The Morgan fingerprint density at radius 2 is 1.97 bits per heavy atom. The molecule has 8 heteroatoms. The van der Waals surface area contributed by atoms with Gasteiger partial charge in [-0.2, -0.15) is 5.10 Å². The molecule has 0 unspecified atom stereocenters. The largest absolute Gasteiger partial charge is 0.455 e. The zero-order chi connectivity index (χ0) is 22.2. The fourth-order valence-electron chi connectivity index (χ4n) is 5.29. The molecule has 5 rings (SSSR count). The number of aryl methyl sites for hydroxylation is 2.